The second-order valence-electron chi connectivity index (χ2n) is 4.78. The Morgan fingerprint density at radius 1 is 1.56 bits per heavy atom. The molecule has 2 atom stereocenters. The average molecular weight is 241 g/mol. The van der Waals surface area contributed by atoms with Gasteiger partial charge in [-0.3, -0.25) is 0 Å². The van der Waals surface area contributed by atoms with Gasteiger partial charge >= 0.3 is 0 Å². The maximum absolute atomic E-state index is 10.3. The number of hydrogen-bond acceptors (Lipinski definition) is 3. The SMILES string of the molecule is CCCC(C)CNCC(C)(O)c1cccs1. The van der Waals surface area contributed by atoms with Crippen molar-refractivity contribution in [1.29, 1.82) is 0 Å². The monoisotopic (exact) mass is 241 g/mol. The van der Waals surface area contributed by atoms with Crippen LogP contribution in [-0.4, -0.2) is 18.2 Å². The highest BCUT2D eigenvalue weighted by Gasteiger charge is 2.23. The highest BCUT2D eigenvalue weighted by atomic mass is 32.1. The molecule has 0 radical (unpaired) electrons. The molecule has 0 aromatic carbocycles. The van der Waals surface area contributed by atoms with Gasteiger partial charge in [-0.05, 0) is 37.3 Å². The quantitative estimate of drug-likeness (QED) is 0.769. The van der Waals surface area contributed by atoms with Crippen LogP contribution in [0.1, 0.15) is 38.5 Å². The maximum Gasteiger partial charge on any atom is 0.108 e. The maximum atomic E-state index is 10.3. The van der Waals surface area contributed by atoms with Gasteiger partial charge in [-0.25, -0.2) is 0 Å². The second kappa shape index (κ2) is 6.38. The fraction of sp³-hybridized carbons (Fsp3) is 0.692. The van der Waals surface area contributed by atoms with E-state index < -0.39 is 5.60 Å². The topological polar surface area (TPSA) is 32.3 Å². The van der Waals surface area contributed by atoms with Crippen LogP contribution in [0.5, 0.6) is 0 Å². The zero-order valence-electron chi connectivity index (χ0n) is 10.5. The molecule has 0 fully saturated rings. The molecule has 1 rings (SSSR count). The Labute approximate surface area is 103 Å². The molecule has 16 heavy (non-hydrogen) atoms. The molecule has 2 unspecified atom stereocenters. The minimum Gasteiger partial charge on any atom is -0.383 e. The zero-order chi connectivity index (χ0) is 12.0. The van der Waals surface area contributed by atoms with Crippen LogP contribution in [0.15, 0.2) is 17.5 Å². The zero-order valence-corrected chi connectivity index (χ0v) is 11.3. The molecule has 0 aliphatic rings. The number of nitrogens with one attached hydrogen (secondary N) is 1. The van der Waals surface area contributed by atoms with Gasteiger partial charge in [0, 0.05) is 11.4 Å². The van der Waals surface area contributed by atoms with Crippen molar-refractivity contribution in [1.82, 2.24) is 5.32 Å². The summed E-state index contributed by atoms with van der Waals surface area (Å²) in [4.78, 5) is 1.03. The van der Waals surface area contributed by atoms with E-state index in [-0.39, 0.29) is 0 Å². The number of thiophene rings is 1. The van der Waals surface area contributed by atoms with E-state index in [2.05, 4.69) is 19.2 Å². The van der Waals surface area contributed by atoms with Crippen LogP contribution in [0.4, 0.5) is 0 Å². The van der Waals surface area contributed by atoms with E-state index in [0.717, 1.165) is 11.4 Å². The van der Waals surface area contributed by atoms with Crippen LogP contribution in [0, 0.1) is 5.92 Å². The van der Waals surface area contributed by atoms with Gasteiger partial charge in [-0.2, -0.15) is 0 Å². The lowest BCUT2D eigenvalue weighted by atomic mass is 10.0. The summed E-state index contributed by atoms with van der Waals surface area (Å²) in [6.45, 7) is 7.93. The first kappa shape index (κ1) is 13.7. The van der Waals surface area contributed by atoms with Crippen molar-refractivity contribution >= 4 is 11.3 Å². The largest absolute Gasteiger partial charge is 0.383 e. The average Bonchev–Trinajstić information content (AvgIpc) is 2.71. The minimum atomic E-state index is -0.736. The van der Waals surface area contributed by atoms with E-state index in [1.807, 2.05) is 24.4 Å². The predicted molar refractivity (Wildman–Crippen MR) is 70.8 cm³/mol. The fourth-order valence-electron chi connectivity index (χ4n) is 1.83. The summed E-state index contributed by atoms with van der Waals surface area (Å²) < 4.78 is 0. The van der Waals surface area contributed by atoms with Crippen LogP contribution in [0.3, 0.4) is 0 Å². The molecular weight excluding hydrogens is 218 g/mol. The summed E-state index contributed by atoms with van der Waals surface area (Å²) in [5, 5.41) is 15.6. The Hall–Kier alpha value is -0.380. The van der Waals surface area contributed by atoms with E-state index in [1.54, 1.807) is 11.3 Å². The van der Waals surface area contributed by atoms with Crippen LogP contribution in [0.25, 0.3) is 0 Å². The Bertz CT molecular complexity index is 282. The molecule has 0 aliphatic carbocycles. The van der Waals surface area contributed by atoms with E-state index in [4.69, 9.17) is 0 Å². The lowest BCUT2D eigenvalue weighted by Crippen LogP contribution is -2.36. The summed E-state index contributed by atoms with van der Waals surface area (Å²) >= 11 is 1.61. The van der Waals surface area contributed by atoms with Crippen LogP contribution in [-0.2, 0) is 5.60 Å². The molecule has 0 saturated carbocycles. The normalized spacial score (nSPS) is 17.0. The Kier molecular flexibility index (Phi) is 5.46. The molecule has 0 amide bonds. The van der Waals surface area contributed by atoms with Crippen molar-refractivity contribution in [3.8, 4) is 0 Å². The first-order valence-electron chi connectivity index (χ1n) is 6.03. The molecule has 1 heterocycles. The molecule has 0 spiro atoms. The Morgan fingerprint density at radius 3 is 2.88 bits per heavy atom. The molecule has 2 nitrogen and oxygen atoms in total. The fourth-order valence-corrected chi connectivity index (χ4v) is 2.62. The Morgan fingerprint density at radius 2 is 2.31 bits per heavy atom. The molecule has 3 heteroatoms. The predicted octanol–water partition coefficient (Wildman–Crippen LogP) is 2.98. The molecule has 0 saturated heterocycles. The van der Waals surface area contributed by atoms with Gasteiger partial charge in [-0.15, -0.1) is 11.3 Å². The summed E-state index contributed by atoms with van der Waals surface area (Å²) in [5.74, 6) is 0.684. The smallest absolute Gasteiger partial charge is 0.108 e. The Balaban J connectivity index is 2.32. The lowest BCUT2D eigenvalue weighted by Gasteiger charge is -2.23. The van der Waals surface area contributed by atoms with Crippen molar-refractivity contribution in [3.63, 3.8) is 0 Å². The number of rotatable bonds is 7. The van der Waals surface area contributed by atoms with Gasteiger partial charge in [0.2, 0.25) is 0 Å². The summed E-state index contributed by atoms with van der Waals surface area (Å²) in [7, 11) is 0. The van der Waals surface area contributed by atoms with Crippen LogP contribution in [0.2, 0.25) is 0 Å². The van der Waals surface area contributed by atoms with Crippen LogP contribution < -0.4 is 5.32 Å². The van der Waals surface area contributed by atoms with Gasteiger partial charge in [0.05, 0.1) is 0 Å². The third-order valence-electron chi connectivity index (χ3n) is 2.80. The van der Waals surface area contributed by atoms with Gasteiger partial charge in [0.15, 0.2) is 0 Å². The highest BCUT2D eigenvalue weighted by Crippen LogP contribution is 2.24. The summed E-state index contributed by atoms with van der Waals surface area (Å²) in [6, 6.07) is 3.97. The molecule has 0 aliphatic heterocycles. The molecular formula is C13H23NOS. The third-order valence-corrected chi connectivity index (χ3v) is 3.92. The molecule has 1 aromatic rings. The first-order valence-corrected chi connectivity index (χ1v) is 6.91. The van der Waals surface area contributed by atoms with Crippen molar-refractivity contribution in [2.75, 3.05) is 13.1 Å². The standard InChI is InChI=1S/C13H23NOS/c1-4-6-11(2)9-14-10-13(3,15)12-7-5-8-16-12/h5,7-8,11,14-15H,4,6,9-10H2,1-3H3. The number of hydrogen-bond donors (Lipinski definition) is 2. The summed E-state index contributed by atoms with van der Waals surface area (Å²) in [5.41, 5.74) is -0.736. The van der Waals surface area contributed by atoms with Gasteiger partial charge < -0.3 is 10.4 Å². The lowest BCUT2D eigenvalue weighted by molar-refractivity contribution is 0.0599. The molecule has 2 N–H and O–H groups in total. The summed E-state index contributed by atoms with van der Waals surface area (Å²) in [6.07, 6.45) is 2.47. The van der Waals surface area contributed by atoms with Gasteiger partial charge in [0.1, 0.15) is 5.60 Å². The molecule has 0 bridgehead atoms. The second-order valence-corrected chi connectivity index (χ2v) is 5.72. The minimum absolute atomic E-state index is 0.627. The van der Waals surface area contributed by atoms with Crippen LogP contribution >= 0.6 is 11.3 Å². The van der Waals surface area contributed by atoms with Gasteiger partial charge in [-0.1, -0.05) is 26.3 Å². The van der Waals surface area contributed by atoms with Crippen molar-refractivity contribution in [3.05, 3.63) is 22.4 Å². The van der Waals surface area contributed by atoms with E-state index in [9.17, 15) is 5.11 Å². The van der Waals surface area contributed by atoms with E-state index in [1.165, 1.54) is 12.8 Å². The van der Waals surface area contributed by atoms with E-state index >= 15 is 0 Å². The van der Waals surface area contributed by atoms with Crippen molar-refractivity contribution in [2.45, 2.75) is 39.2 Å². The molecule has 92 valence electrons. The van der Waals surface area contributed by atoms with Gasteiger partial charge in [0.25, 0.3) is 0 Å². The molecule has 1 aromatic heterocycles. The van der Waals surface area contributed by atoms with E-state index in [0.29, 0.717) is 12.5 Å². The number of aliphatic hydroxyl groups is 1. The first-order chi connectivity index (χ1) is 7.56. The van der Waals surface area contributed by atoms with Crippen molar-refractivity contribution < 1.29 is 5.11 Å². The highest BCUT2D eigenvalue weighted by molar-refractivity contribution is 7.10. The van der Waals surface area contributed by atoms with Crippen molar-refractivity contribution in [2.24, 2.45) is 5.92 Å². The third kappa shape index (κ3) is 4.24.